The van der Waals surface area contributed by atoms with Crippen LogP contribution in [-0.4, -0.2) is 35.3 Å². The SMILES string of the molecule is CN(C)C1CCc2cc(S(N)=O)sc2C1.NC(=O)Nc1c2c(cc3c1CCC3)CCC2. The summed E-state index contributed by atoms with van der Waals surface area (Å²) in [6.07, 6.45) is 10.2. The number of amides is 2. The molecule has 1 heterocycles. The van der Waals surface area contributed by atoms with Crippen molar-refractivity contribution in [1.29, 1.82) is 0 Å². The molecule has 8 heteroatoms. The molecule has 0 fully saturated rings. The van der Waals surface area contributed by atoms with E-state index in [1.54, 1.807) is 11.3 Å². The number of carbonyl (C=O) groups excluding carboxylic acids is 1. The van der Waals surface area contributed by atoms with E-state index < -0.39 is 17.0 Å². The van der Waals surface area contributed by atoms with E-state index in [0.29, 0.717) is 6.04 Å². The van der Waals surface area contributed by atoms with Gasteiger partial charge < -0.3 is 16.0 Å². The van der Waals surface area contributed by atoms with Gasteiger partial charge >= 0.3 is 6.03 Å². The van der Waals surface area contributed by atoms with Gasteiger partial charge in [0, 0.05) is 16.6 Å². The smallest absolute Gasteiger partial charge is 0.316 e. The van der Waals surface area contributed by atoms with Gasteiger partial charge in [0.15, 0.2) is 0 Å². The lowest BCUT2D eigenvalue weighted by molar-refractivity contribution is 0.259. The lowest BCUT2D eigenvalue weighted by Gasteiger charge is -2.27. The van der Waals surface area contributed by atoms with Crippen molar-refractivity contribution in [2.45, 2.75) is 68.0 Å². The summed E-state index contributed by atoms with van der Waals surface area (Å²) in [7, 11) is 2.92. The molecule has 31 heavy (non-hydrogen) atoms. The largest absolute Gasteiger partial charge is 0.351 e. The van der Waals surface area contributed by atoms with E-state index >= 15 is 0 Å². The Morgan fingerprint density at radius 3 is 2.26 bits per heavy atom. The Morgan fingerprint density at radius 2 is 1.71 bits per heavy atom. The first-order valence-electron chi connectivity index (χ1n) is 11.0. The third-order valence-electron chi connectivity index (χ3n) is 6.69. The molecule has 2 amide bonds. The Kier molecular flexibility index (Phi) is 6.81. The summed E-state index contributed by atoms with van der Waals surface area (Å²) >= 11 is 1.61. The fourth-order valence-corrected chi connectivity index (χ4v) is 6.99. The second-order valence-electron chi connectivity index (χ2n) is 8.89. The highest BCUT2D eigenvalue weighted by Gasteiger charge is 2.25. The van der Waals surface area contributed by atoms with Crippen LogP contribution in [0.1, 0.15) is 52.0 Å². The van der Waals surface area contributed by atoms with Crippen LogP contribution in [0.4, 0.5) is 10.5 Å². The first-order valence-corrected chi connectivity index (χ1v) is 13.0. The van der Waals surface area contributed by atoms with Gasteiger partial charge in [0.1, 0.15) is 15.2 Å². The van der Waals surface area contributed by atoms with Crippen molar-refractivity contribution < 1.29 is 9.00 Å². The third-order valence-corrected chi connectivity index (χ3v) is 8.94. The van der Waals surface area contributed by atoms with E-state index in [-0.39, 0.29) is 0 Å². The molecule has 1 aromatic heterocycles. The Hall–Kier alpha value is -1.74. The second-order valence-corrected chi connectivity index (χ2v) is 11.3. The Bertz CT molecular complexity index is 983. The van der Waals surface area contributed by atoms with Crippen molar-refractivity contribution in [3.05, 3.63) is 44.8 Å². The van der Waals surface area contributed by atoms with Crippen LogP contribution in [-0.2, 0) is 49.5 Å². The van der Waals surface area contributed by atoms with E-state index in [0.717, 1.165) is 48.4 Å². The minimum Gasteiger partial charge on any atom is -0.351 e. The molecular formula is C23H32N4O2S2. The van der Waals surface area contributed by atoms with Crippen LogP contribution < -0.4 is 16.2 Å². The number of primary amides is 1. The molecule has 0 bridgehead atoms. The maximum Gasteiger partial charge on any atom is 0.316 e. The highest BCUT2D eigenvalue weighted by Crippen LogP contribution is 2.38. The van der Waals surface area contributed by atoms with Crippen molar-refractivity contribution in [1.82, 2.24) is 4.90 Å². The molecule has 3 aliphatic rings. The van der Waals surface area contributed by atoms with E-state index in [1.807, 2.05) is 6.07 Å². The van der Waals surface area contributed by atoms with Gasteiger partial charge in [0.25, 0.3) is 0 Å². The van der Waals surface area contributed by atoms with Crippen LogP contribution in [0.2, 0.25) is 0 Å². The number of hydrogen-bond donors (Lipinski definition) is 3. The fourth-order valence-electron chi connectivity index (χ4n) is 5.09. The highest BCUT2D eigenvalue weighted by molar-refractivity contribution is 7.85. The molecule has 2 aromatic rings. The van der Waals surface area contributed by atoms with Crippen LogP contribution in [0.15, 0.2) is 16.3 Å². The van der Waals surface area contributed by atoms with Gasteiger partial charge in [-0.1, -0.05) is 6.07 Å². The lowest BCUT2D eigenvalue weighted by Crippen LogP contribution is -2.32. The maximum absolute atomic E-state index is 11.2. The van der Waals surface area contributed by atoms with Crippen LogP contribution in [0.3, 0.4) is 0 Å². The number of fused-ring (bicyclic) bond motifs is 3. The van der Waals surface area contributed by atoms with Crippen LogP contribution >= 0.6 is 11.3 Å². The average Bonchev–Trinajstić information content (AvgIpc) is 3.46. The highest BCUT2D eigenvalue weighted by atomic mass is 32.2. The zero-order valence-electron chi connectivity index (χ0n) is 18.3. The number of rotatable bonds is 3. The van der Waals surface area contributed by atoms with Crippen LogP contribution in [0, 0.1) is 0 Å². The standard InChI is InChI=1S/C13H16N2O.C10H16N2OS2/c14-13(16)15-12-10-5-1-3-8(10)7-9-4-2-6-11(9)12;1-12(2)8-4-3-7-5-10(15(11)13)14-9(7)6-8/h7H,1-6H2,(H3,14,15,16);5,8H,3-4,6,11H2,1-2H3. The maximum atomic E-state index is 11.2. The molecule has 0 saturated heterocycles. The third kappa shape index (κ3) is 4.87. The number of nitrogens with two attached hydrogens (primary N) is 2. The molecule has 2 atom stereocenters. The first-order chi connectivity index (χ1) is 14.8. The number of aryl methyl sites for hydroxylation is 3. The minimum absolute atomic E-state index is 0.436. The number of urea groups is 1. The molecule has 0 radical (unpaired) electrons. The monoisotopic (exact) mass is 460 g/mol. The molecule has 0 aliphatic heterocycles. The molecule has 0 spiro atoms. The average molecular weight is 461 g/mol. The number of thiophene rings is 1. The van der Waals surface area contributed by atoms with Gasteiger partial charge in [-0.2, -0.15) is 0 Å². The quantitative estimate of drug-likeness (QED) is 0.655. The van der Waals surface area contributed by atoms with Crippen molar-refractivity contribution in [3.8, 4) is 0 Å². The Labute approximate surface area is 191 Å². The lowest BCUT2D eigenvalue weighted by atomic mass is 9.94. The summed E-state index contributed by atoms with van der Waals surface area (Å²) in [5.41, 5.74) is 13.2. The van der Waals surface area contributed by atoms with Crippen molar-refractivity contribution in [2.75, 3.05) is 19.4 Å². The van der Waals surface area contributed by atoms with E-state index in [9.17, 15) is 9.00 Å². The van der Waals surface area contributed by atoms with Gasteiger partial charge in [0.2, 0.25) is 0 Å². The molecule has 3 aliphatic carbocycles. The first kappa shape index (κ1) is 22.5. The summed E-state index contributed by atoms with van der Waals surface area (Å²) in [6, 6.07) is 4.54. The van der Waals surface area contributed by atoms with Crippen molar-refractivity contribution in [3.63, 3.8) is 0 Å². The number of nitrogens with zero attached hydrogens (tertiary/aromatic N) is 1. The molecule has 0 saturated carbocycles. The zero-order valence-corrected chi connectivity index (χ0v) is 20.0. The minimum atomic E-state index is -1.31. The van der Waals surface area contributed by atoms with Crippen LogP contribution in [0.5, 0.6) is 0 Å². The predicted octanol–water partition coefficient (Wildman–Crippen LogP) is 3.30. The molecule has 5 N–H and O–H groups in total. The summed E-state index contributed by atoms with van der Waals surface area (Å²) in [4.78, 5) is 14.7. The second kappa shape index (κ2) is 9.40. The summed E-state index contributed by atoms with van der Waals surface area (Å²) in [5.74, 6) is 0. The van der Waals surface area contributed by atoms with Gasteiger partial charge in [-0.05, 0) is 106 Å². The fraction of sp³-hybridized carbons (Fsp3) is 0.522. The van der Waals surface area contributed by atoms with E-state index in [1.165, 1.54) is 52.0 Å². The molecule has 6 nitrogen and oxygen atoms in total. The van der Waals surface area contributed by atoms with E-state index in [4.69, 9.17) is 10.9 Å². The summed E-state index contributed by atoms with van der Waals surface area (Å²) in [6.45, 7) is 0. The Morgan fingerprint density at radius 1 is 1.06 bits per heavy atom. The Balaban J connectivity index is 0.000000150. The van der Waals surface area contributed by atoms with Crippen molar-refractivity contribution >= 4 is 34.0 Å². The molecule has 2 unspecified atom stereocenters. The molecule has 168 valence electrons. The predicted molar refractivity (Wildman–Crippen MR) is 128 cm³/mol. The van der Waals surface area contributed by atoms with Gasteiger partial charge in [-0.3, -0.25) is 0 Å². The van der Waals surface area contributed by atoms with Gasteiger partial charge in [-0.15, -0.1) is 11.3 Å². The number of likely N-dealkylation sites (N-methyl/N-ethyl adjacent to an activating group) is 1. The summed E-state index contributed by atoms with van der Waals surface area (Å²) < 4.78 is 12.0. The normalized spacial score (nSPS) is 19.8. The molecular weight excluding hydrogens is 428 g/mol. The van der Waals surface area contributed by atoms with Gasteiger partial charge in [0.05, 0.1) is 0 Å². The zero-order chi connectivity index (χ0) is 22.1. The number of nitrogens with one attached hydrogen (secondary N) is 1. The van der Waals surface area contributed by atoms with Gasteiger partial charge in [-0.25, -0.2) is 14.1 Å². The van der Waals surface area contributed by atoms with E-state index in [2.05, 4.69) is 30.4 Å². The number of anilines is 1. The van der Waals surface area contributed by atoms with Crippen LogP contribution in [0.25, 0.3) is 0 Å². The van der Waals surface area contributed by atoms with Crippen molar-refractivity contribution in [2.24, 2.45) is 10.9 Å². The number of carbonyl (C=O) groups is 1. The summed E-state index contributed by atoms with van der Waals surface area (Å²) in [5, 5.41) is 8.24. The number of benzene rings is 1. The topological polar surface area (TPSA) is 101 Å². The molecule has 5 rings (SSSR count). The molecule has 1 aromatic carbocycles. The number of hydrogen-bond acceptors (Lipinski definition) is 4.